The Morgan fingerprint density at radius 3 is 2.25 bits per heavy atom. The molecular formula is C3H9ClO3S. The van der Waals surface area contributed by atoms with E-state index in [9.17, 15) is 0 Å². The van der Waals surface area contributed by atoms with E-state index in [1.54, 1.807) is 0 Å². The summed E-state index contributed by atoms with van der Waals surface area (Å²) in [4.78, 5) is 0. The number of rotatable bonds is 3. The van der Waals surface area contributed by atoms with Gasteiger partial charge in [0.2, 0.25) is 0 Å². The Bertz CT molecular complexity index is 62.0. The highest BCUT2D eigenvalue weighted by molar-refractivity contribution is 8.43. The van der Waals surface area contributed by atoms with Crippen molar-refractivity contribution in [2.24, 2.45) is 0 Å². The molecule has 0 heterocycles. The van der Waals surface area contributed by atoms with Gasteiger partial charge in [-0.15, -0.1) is 9.80 Å². The lowest BCUT2D eigenvalue weighted by molar-refractivity contribution is 0.215. The van der Waals surface area contributed by atoms with E-state index >= 15 is 0 Å². The van der Waals surface area contributed by atoms with Crippen LogP contribution in [-0.2, 0) is 4.74 Å². The van der Waals surface area contributed by atoms with Gasteiger partial charge in [0.15, 0.2) is 0 Å². The summed E-state index contributed by atoms with van der Waals surface area (Å²) in [6.07, 6.45) is 0. The van der Waals surface area contributed by atoms with Gasteiger partial charge in [0.1, 0.15) is 0 Å². The third-order valence-corrected chi connectivity index (χ3v) is 1.70. The largest absolute Gasteiger partial charge is 0.383 e. The Hall–Kier alpha value is 0.520. The van der Waals surface area contributed by atoms with Crippen LogP contribution in [0.25, 0.3) is 0 Å². The summed E-state index contributed by atoms with van der Waals surface area (Å²) < 4.78 is 21.5. The number of ether oxygens (including phenoxy) is 1. The highest BCUT2D eigenvalue weighted by atomic mass is 35.7. The van der Waals surface area contributed by atoms with E-state index in [2.05, 4.69) is 4.74 Å². The van der Waals surface area contributed by atoms with Gasteiger partial charge >= 0.3 is 0 Å². The minimum atomic E-state index is -2.84. The fourth-order valence-electron chi connectivity index (χ4n) is 0.189. The summed E-state index contributed by atoms with van der Waals surface area (Å²) in [6.45, 7) is 0.284. The maximum Gasteiger partial charge on any atom is 0.0769 e. The Labute approximate surface area is 54.5 Å². The van der Waals surface area contributed by atoms with Gasteiger partial charge in [-0.1, -0.05) is 0 Å². The summed E-state index contributed by atoms with van der Waals surface area (Å²) >= 11 is 0. The number of hydrogen-bond donors (Lipinski definition) is 2. The Morgan fingerprint density at radius 2 is 2.12 bits per heavy atom. The van der Waals surface area contributed by atoms with Crippen LogP contribution in [0.3, 0.4) is 0 Å². The van der Waals surface area contributed by atoms with Crippen molar-refractivity contribution in [2.75, 3.05) is 19.5 Å². The van der Waals surface area contributed by atoms with Crippen LogP contribution in [0.15, 0.2) is 0 Å². The molecule has 0 amide bonds. The number of methoxy groups -OCH3 is 1. The van der Waals surface area contributed by atoms with E-state index < -0.39 is 9.80 Å². The van der Waals surface area contributed by atoms with Gasteiger partial charge in [0, 0.05) is 17.8 Å². The molecule has 0 aromatic carbocycles. The lowest BCUT2D eigenvalue weighted by Crippen LogP contribution is -2.01. The SMILES string of the molecule is COCCS(O)(O)Cl. The van der Waals surface area contributed by atoms with Crippen LogP contribution in [0.1, 0.15) is 0 Å². The highest BCUT2D eigenvalue weighted by Crippen LogP contribution is 2.43. The van der Waals surface area contributed by atoms with Crippen molar-refractivity contribution in [3.8, 4) is 0 Å². The molecule has 0 aliphatic carbocycles. The van der Waals surface area contributed by atoms with Crippen LogP contribution in [0.5, 0.6) is 0 Å². The van der Waals surface area contributed by atoms with Crippen molar-refractivity contribution >= 4 is 20.5 Å². The first kappa shape index (κ1) is 8.52. The van der Waals surface area contributed by atoms with E-state index in [-0.39, 0.29) is 12.4 Å². The molecule has 0 atom stereocenters. The molecule has 0 aromatic heterocycles. The molecule has 5 heteroatoms. The molecule has 0 rings (SSSR count). The molecule has 0 saturated heterocycles. The fourth-order valence-corrected chi connectivity index (χ4v) is 0.757. The van der Waals surface area contributed by atoms with E-state index in [0.717, 1.165) is 0 Å². The van der Waals surface area contributed by atoms with Crippen molar-refractivity contribution in [1.29, 1.82) is 0 Å². The molecule has 0 aliphatic heterocycles. The van der Waals surface area contributed by atoms with Crippen molar-refractivity contribution in [2.45, 2.75) is 0 Å². The molecule has 0 aliphatic rings. The minimum Gasteiger partial charge on any atom is -0.383 e. The lowest BCUT2D eigenvalue weighted by Gasteiger charge is -2.21. The standard InChI is InChI=1S/C3H9ClO3S/c1-7-2-3-8(4,5)6/h5-6H,2-3H2,1H3. The average Bonchev–Trinajstić information content (AvgIpc) is 1.59. The van der Waals surface area contributed by atoms with Gasteiger partial charge in [-0.2, -0.15) is 0 Å². The Balaban J connectivity index is 3.11. The molecule has 0 saturated carbocycles. The van der Waals surface area contributed by atoms with Crippen LogP contribution in [0.4, 0.5) is 0 Å². The van der Waals surface area contributed by atoms with E-state index in [4.69, 9.17) is 19.8 Å². The van der Waals surface area contributed by atoms with Crippen molar-refractivity contribution in [1.82, 2.24) is 0 Å². The molecule has 2 N–H and O–H groups in total. The third kappa shape index (κ3) is 6.52. The van der Waals surface area contributed by atoms with Crippen molar-refractivity contribution < 1.29 is 13.8 Å². The van der Waals surface area contributed by atoms with Crippen LogP contribution in [0.2, 0.25) is 0 Å². The minimum absolute atomic E-state index is 0.102. The summed E-state index contributed by atoms with van der Waals surface area (Å²) in [5, 5.41) is 0. The van der Waals surface area contributed by atoms with Gasteiger partial charge in [-0.3, -0.25) is 9.11 Å². The zero-order chi connectivity index (χ0) is 6.62. The molecule has 3 nitrogen and oxygen atoms in total. The van der Waals surface area contributed by atoms with Crippen LogP contribution in [-0.4, -0.2) is 28.6 Å². The smallest absolute Gasteiger partial charge is 0.0769 e. The molecule has 0 spiro atoms. The molecule has 8 heavy (non-hydrogen) atoms. The maximum atomic E-state index is 8.47. The topological polar surface area (TPSA) is 49.7 Å². The second-order valence-electron chi connectivity index (χ2n) is 1.28. The first-order valence-electron chi connectivity index (χ1n) is 2.01. The molecule has 0 aromatic rings. The van der Waals surface area contributed by atoms with E-state index in [0.29, 0.717) is 0 Å². The fraction of sp³-hybridized carbons (Fsp3) is 1.00. The number of halogens is 1. The summed E-state index contributed by atoms with van der Waals surface area (Å²) in [5.41, 5.74) is 0. The summed E-state index contributed by atoms with van der Waals surface area (Å²) in [5.74, 6) is 0.102. The van der Waals surface area contributed by atoms with Crippen molar-refractivity contribution in [3.05, 3.63) is 0 Å². The molecular weight excluding hydrogens is 152 g/mol. The van der Waals surface area contributed by atoms with Crippen molar-refractivity contribution in [3.63, 3.8) is 0 Å². The van der Waals surface area contributed by atoms with E-state index in [1.165, 1.54) is 7.11 Å². The van der Waals surface area contributed by atoms with Gasteiger partial charge in [-0.25, -0.2) is 0 Å². The van der Waals surface area contributed by atoms with Gasteiger partial charge < -0.3 is 4.74 Å². The second kappa shape index (κ2) is 3.53. The highest BCUT2D eigenvalue weighted by Gasteiger charge is 2.04. The van der Waals surface area contributed by atoms with Crippen LogP contribution in [0, 0.1) is 0 Å². The molecule has 0 unspecified atom stereocenters. The van der Waals surface area contributed by atoms with Gasteiger partial charge in [0.05, 0.1) is 12.4 Å². The molecule has 0 radical (unpaired) electrons. The first-order valence-corrected chi connectivity index (χ1v) is 4.55. The Morgan fingerprint density at radius 1 is 1.62 bits per heavy atom. The number of hydrogen-bond acceptors (Lipinski definition) is 3. The zero-order valence-electron chi connectivity index (χ0n) is 4.50. The molecule has 0 bridgehead atoms. The predicted molar refractivity (Wildman–Crippen MR) is 35.4 cm³/mol. The van der Waals surface area contributed by atoms with Gasteiger partial charge in [0.25, 0.3) is 0 Å². The molecule has 52 valence electrons. The summed E-state index contributed by atoms with van der Waals surface area (Å²) in [6, 6.07) is 0. The first-order chi connectivity index (χ1) is 3.56. The Kier molecular flexibility index (Phi) is 3.76. The maximum absolute atomic E-state index is 8.47. The quantitative estimate of drug-likeness (QED) is 0.659. The molecule has 0 fully saturated rings. The van der Waals surface area contributed by atoms with Crippen LogP contribution >= 0.6 is 20.5 Å². The van der Waals surface area contributed by atoms with Crippen LogP contribution < -0.4 is 0 Å². The van der Waals surface area contributed by atoms with Gasteiger partial charge in [-0.05, 0) is 0 Å². The zero-order valence-corrected chi connectivity index (χ0v) is 6.08. The predicted octanol–water partition coefficient (Wildman–Crippen LogP) is 1.54. The summed E-state index contributed by atoms with van der Waals surface area (Å²) in [7, 11) is 3.66. The average molecular weight is 161 g/mol. The second-order valence-corrected chi connectivity index (χ2v) is 4.35. The monoisotopic (exact) mass is 160 g/mol. The normalized spacial score (nSPS) is 14.0. The van der Waals surface area contributed by atoms with E-state index in [1.807, 2.05) is 0 Å². The lowest BCUT2D eigenvalue weighted by atomic mass is 10.9. The third-order valence-electron chi connectivity index (χ3n) is 0.547.